The summed E-state index contributed by atoms with van der Waals surface area (Å²) in [5.74, 6) is 0.576. The molecule has 0 aliphatic rings. The number of aromatic nitrogens is 3. The molecule has 0 saturated heterocycles. The van der Waals surface area contributed by atoms with Crippen molar-refractivity contribution in [3.63, 3.8) is 0 Å². The molecule has 3 heterocycles. The van der Waals surface area contributed by atoms with Gasteiger partial charge in [0, 0.05) is 23.1 Å². The summed E-state index contributed by atoms with van der Waals surface area (Å²) in [6.45, 7) is 0.323. The zero-order valence-corrected chi connectivity index (χ0v) is 18.0. The highest BCUT2D eigenvalue weighted by molar-refractivity contribution is 6.02. The Balaban J connectivity index is 1.65. The summed E-state index contributed by atoms with van der Waals surface area (Å²) in [6, 6.07) is 15.9. The Morgan fingerprint density at radius 1 is 1.03 bits per heavy atom. The maximum Gasteiger partial charge on any atom is 0.416 e. The van der Waals surface area contributed by atoms with Crippen LogP contribution in [0.5, 0.6) is 5.88 Å². The van der Waals surface area contributed by atoms with E-state index in [1.54, 1.807) is 59.6 Å². The van der Waals surface area contributed by atoms with Crippen LogP contribution >= 0.6 is 0 Å². The molecule has 3 aromatic heterocycles. The van der Waals surface area contributed by atoms with E-state index >= 15 is 0 Å². The lowest BCUT2D eigenvalue weighted by atomic mass is 10.1. The van der Waals surface area contributed by atoms with Crippen LogP contribution < -0.4 is 5.56 Å². The van der Waals surface area contributed by atoms with E-state index in [-0.39, 0.29) is 16.6 Å². The third-order valence-corrected chi connectivity index (χ3v) is 5.44. The molecule has 1 N–H and O–H groups in total. The molecule has 0 aliphatic heterocycles. The zero-order chi connectivity index (χ0) is 24.6. The molecular weight excluding hydrogens is 461 g/mol. The van der Waals surface area contributed by atoms with E-state index in [4.69, 9.17) is 4.42 Å². The molecule has 2 aromatic carbocycles. The standard InChI is InChI=1S/C25H17F3N4O3/c26-25(27,28)16-5-3-6-17(13-16)32-23(33)20-9-2-1-8-19(20)21(24(32)34)14-29-22-10-11-30-31(22)15-18-7-4-12-35-18/h1-14,34H,15H2. The molecule has 0 spiro atoms. The van der Waals surface area contributed by atoms with E-state index in [9.17, 15) is 23.1 Å². The monoisotopic (exact) mass is 478 g/mol. The highest BCUT2D eigenvalue weighted by atomic mass is 19.4. The van der Waals surface area contributed by atoms with Gasteiger partial charge in [-0.05, 0) is 36.4 Å². The second-order valence-electron chi connectivity index (χ2n) is 7.66. The maximum absolute atomic E-state index is 13.3. The van der Waals surface area contributed by atoms with Gasteiger partial charge in [0.1, 0.15) is 12.3 Å². The molecule has 10 heteroatoms. The third-order valence-electron chi connectivity index (χ3n) is 5.44. The molecule has 0 fully saturated rings. The number of pyridine rings is 1. The van der Waals surface area contributed by atoms with Crippen LogP contribution in [-0.2, 0) is 12.7 Å². The van der Waals surface area contributed by atoms with E-state index in [0.29, 0.717) is 23.5 Å². The summed E-state index contributed by atoms with van der Waals surface area (Å²) in [5.41, 5.74) is -1.54. The minimum atomic E-state index is -4.61. The van der Waals surface area contributed by atoms with Crippen LogP contribution in [0, 0.1) is 0 Å². The molecule has 0 saturated carbocycles. The number of furan rings is 1. The molecule has 0 atom stereocenters. The predicted octanol–water partition coefficient (Wildman–Crippen LogP) is 5.30. The fourth-order valence-corrected chi connectivity index (χ4v) is 3.79. The molecular formula is C25H17F3N4O3. The summed E-state index contributed by atoms with van der Waals surface area (Å²) >= 11 is 0. The lowest BCUT2D eigenvalue weighted by Gasteiger charge is -2.15. The Morgan fingerprint density at radius 2 is 1.83 bits per heavy atom. The van der Waals surface area contributed by atoms with E-state index < -0.39 is 23.2 Å². The van der Waals surface area contributed by atoms with Crippen molar-refractivity contribution in [2.45, 2.75) is 12.7 Å². The van der Waals surface area contributed by atoms with Crippen molar-refractivity contribution in [3.8, 4) is 11.6 Å². The topological polar surface area (TPSA) is 85.6 Å². The molecule has 0 unspecified atom stereocenters. The Kier molecular flexibility index (Phi) is 5.48. The number of nitrogens with zero attached hydrogens (tertiary/aromatic N) is 4. The number of alkyl halides is 3. The van der Waals surface area contributed by atoms with E-state index in [1.165, 1.54) is 18.3 Å². The van der Waals surface area contributed by atoms with Crippen molar-refractivity contribution < 1.29 is 22.7 Å². The van der Waals surface area contributed by atoms with Gasteiger partial charge < -0.3 is 9.52 Å². The van der Waals surface area contributed by atoms with Crippen molar-refractivity contribution in [1.82, 2.24) is 14.3 Å². The molecule has 176 valence electrons. The Labute approximate surface area is 196 Å². The number of rotatable bonds is 5. The third kappa shape index (κ3) is 4.21. The minimum absolute atomic E-state index is 0.120. The van der Waals surface area contributed by atoms with Crippen LogP contribution in [0.25, 0.3) is 16.5 Å². The van der Waals surface area contributed by atoms with Gasteiger partial charge in [-0.2, -0.15) is 18.3 Å². The first-order valence-electron chi connectivity index (χ1n) is 10.5. The van der Waals surface area contributed by atoms with Crippen LogP contribution in [0.4, 0.5) is 19.0 Å². The molecule has 0 amide bonds. The van der Waals surface area contributed by atoms with Crippen LogP contribution in [0.1, 0.15) is 16.9 Å². The second kappa shape index (κ2) is 8.64. The Hall–Kier alpha value is -4.60. The maximum atomic E-state index is 13.3. The number of benzene rings is 2. The largest absolute Gasteiger partial charge is 0.494 e. The van der Waals surface area contributed by atoms with Gasteiger partial charge in [-0.15, -0.1) is 0 Å². The van der Waals surface area contributed by atoms with Crippen molar-refractivity contribution in [2.75, 3.05) is 0 Å². The highest BCUT2D eigenvalue weighted by Crippen LogP contribution is 2.32. The summed E-state index contributed by atoms with van der Waals surface area (Å²) in [4.78, 5) is 17.6. The van der Waals surface area contributed by atoms with Gasteiger partial charge in [-0.3, -0.25) is 4.79 Å². The van der Waals surface area contributed by atoms with Crippen molar-refractivity contribution in [1.29, 1.82) is 0 Å². The fourth-order valence-electron chi connectivity index (χ4n) is 3.79. The molecule has 0 radical (unpaired) electrons. The summed E-state index contributed by atoms with van der Waals surface area (Å²) in [6.07, 6.45) is -0.153. The van der Waals surface area contributed by atoms with Gasteiger partial charge in [-0.1, -0.05) is 24.3 Å². The number of hydrogen-bond donors (Lipinski definition) is 1. The SMILES string of the molecule is O=c1c2ccccc2c(C=Nc2ccnn2Cc2ccco2)c(O)n1-c1cccc(C(F)(F)F)c1. The average Bonchev–Trinajstić information content (AvgIpc) is 3.51. The first-order chi connectivity index (χ1) is 16.8. The Morgan fingerprint density at radius 3 is 2.57 bits per heavy atom. The van der Waals surface area contributed by atoms with Gasteiger partial charge in [0.25, 0.3) is 5.56 Å². The van der Waals surface area contributed by atoms with Gasteiger partial charge >= 0.3 is 6.18 Å². The van der Waals surface area contributed by atoms with E-state index in [0.717, 1.165) is 16.7 Å². The summed E-state index contributed by atoms with van der Waals surface area (Å²) in [7, 11) is 0. The van der Waals surface area contributed by atoms with Gasteiger partial charge in [0.05, 0.1) is 29.3 Å². The van der Waals surface area contributed by atoms with Crippen LogP contribution in [0.15, 0.2) is 93.4 Å². The number of halogens is 3. The first kappa shape index (κ1) is 22.2. The average molecular weight is 478 g/mol. The normalized spacial score (nSPS) is 12.1. The molecule has 0 bridgehead atoms. The van der Waals surface area contributed by atoms with Crippen molar-refractivity contribution in [2.24, 2.45) is 4.99 Å². The van der Waals surface area contributed by atoms with Crippen LogP contribution in [-0.4, -0.2) is 25.7 Å². The second-order valence-corrected chi connectivity index (χ2v) is 7.66. The van der Waals surface area contributed by atoms with Crippen molar-refractivity contribution in [3.05, 3.63) is 106 Å². The fraction of sp³-hybridized carbons (Fsp3) is 0.0800. The quantitative estimate of drug-likeness (QED) is 0.347. The number of aliphatic imine (C=N–C) groups is 1. The van der Waals surface area contributed by atoms with Crippen LogP contribution in [0.2, 0.25) is 0 Å². The zero-order valence-electron chi connectivity index (χ0n) is 18.0. The van der Waals surface area contributed by atoms with E-state index in [1.807, 2.05) is 0 Å². The predicted molar refractivity (Wildman–Crippen MR) is 124 cm³/mol. The van der Waals surface area contributed by atoms with Crippen molar-refractivity contribution >= 4 is 22.8 Å². The molecule has 35 heavy (non-hydrogen) atoms. The lowest BCUT2D eigenvalue weighted by molar-refractivity contribution is -0.137. The lowest BCUT2D eigenvalue weighted by Crippen LogP contribution is -2.20. The molecule has 0 aliphatic carbocycles. The summed E-state index contributed by atoms with van der Waals surface area (Å²) < 4.78 is 47.6. The number of hydrogen-bond acceptors (Lipinski definition) is 5. The van der Waals surface area contributed by atoms with Gasteiger partial charge in [0.2, 0.25) is 5.88 Å². The molecule has 7 nitrogen and oxygen atoms in total. The molecule has 5 rings (SSSR count). The molecule has 5 aromatic rings. The Bertz CT molecular complexity index is 1600. The minimum Gasteiger partial charge on any atom is -0.494 e. The van der Waals surface area contributed by atoms with Crippen LogP contribution in [0.3, 0.4) is 0 Å². The number of fused-ring (bicyclic) bond motifs is 1. The first-order valence-corrected chi connectivity index (χ1v) is 10.5. The van der Waals surface area contributed by atoms with E-state index in [2.05, 4.69) is 10.1 Å². The van der Waals surface area contributed by atoms with Gasteiger partial charge in [0.15, 0.2) is 5.82 Å². The summed E-state index contributed by atoms with van der Waals surface area (Å²) in [5, 5.41) is 15.9. The van der Waals surface area contributed by atoms with Gasteiger partial charge in [-0.25, -0.2) is 14.2 Å². The smallest absolute Gasteiger partial charge is 0.416 e. The number of aromatic hydroxyl groups is 1. The highest BCUT2D eigenvalue weighted by Gasteiger charge is 2.31.